The lowest BCUT2D eigenvalue weighted by Gasteiger charge is -2.02. The van der Waals surface area contributed by atoms with E-state index in [4.69, 9.17) is 4.74 Å². The number of hydrogen-bond donors (Lipinski definition) is 0. The summed E-state index contributed by atoms with van der Waals surface area (Å²) in [7, 11) is 1.81. The molecule has 0 atom stereocenters. The van der Waals surface area contributed by atoms with Gasteiger partial charge in [0.1, 0.15) is 0 Å². The van der Waals surface area contributed by atoms with Crippen LogP contribution >= 0.6 is 15.9 Å². The first kappa shape index (κ1) is 10.1. The smallest absolute Gasteiger partial charge is 0.323 e. The average Bonchev–Trinajstić information content (AvgIpc) is 2.49. The van der Waals surface area contributed by atoms with Gasteiger partial charge in [-0.15, -0.1) is 0 Å². The molecule has 0 aliphatic carbocycles. The van der Waals surface area contributed by atoms with E-state index in [2.05, 4.69) is 31.0 Å². The third-order valence-electron chi connectivity index (χ3n) is 1.75. The monoisotopic (exact) mass is 268 g/mol. The minimum absolute atomic E-state index is 0.307. The molecule has 0 N–H and O–H groups in total. The molecule has 2 aromatic rings. The zero-order chi connectivity index (χ0) is 10.8. The molecular formula is C9H9BrN4O. The van der Waals surface area contributed by atoms with Crippen LogP contribution in [0.15, 0.2) is 22.9 Å². The van der Waals surface area contributed by atoms with Gasteiger partial charge in [0.15, 0.2) is 0 Å². The molecule has 2 aromatic heterocycles. The van der Waals surface area contributed by atoms with Crippen LogP contribution in [-0.2, 0) is 7.05 Å². The fourth-order valence-corrected chi connectivity index (χ4v) is 1.33. The van der Waals surface area contributed by atoms with Gasteiger partial charge in [-0.05, 0) is 22.9 Å². The summed E-state index contributed by atoms with van der Waals surface area (Å²) in [5.74, 6) is 0.620. The second kappa shape index (κ2) is 3.98. The van der Waals surface area contributed by atoms with E-state index >= 15 is 0 Å². The van der Waals surface area contributed by atoms with E-state index in [-0.39, 0.29) is 0 Å². The SMILES string of the molecule is Cc1cc(Oc2ncc(Br)cn2)n(C)n1. The molecule has 0 aliphatic rings. The molecule has 6 heteroatoms. The molecule has 0 saturated heterocycles. The molecule has 0 fully saturated rings. The summed E-state index contributed by atoms with van der Waals surface area (Å²) in [5, 5.41) is 4.15. The van der Waals surface area contributed by atoms with Crippen LogP contribution in [0, 0.1) is 6.92 Å². The normalized spacial score (nSPS) is 10.3. The summed E-state index contributed by atoms with van der Waals surface area (Å²) >= 11 is 3.25. The van der Waals surface area contributed by atoms with Crippen molar-refractivity contribution < 1.29 is 4.74 Å². The Morgan fingerprint density at radius 1 is 1.33 bits per heavy atom. The van der Waals surface area contributed by atoms with E-state index in [1.165, 1.54) is 0 Å². The van der Waals surface area contributed by atoms with E-state index in [1.54, 1.807) is 24.1 Å². The van der Waals surface area contributed by atoms with Gasteiger partial charge >= 0.3 is 6.01 Å². The number of rotatable bonds is 2. The minimum Gasteiger partial charge on any atom is -0.405 e. The molecule has 0 saturated carbocycles. The second-order valence-electron chi connectivity index (χ2n) is 3.03. The lowest BCUT2D eigenvalue weighted by molar-refractivity contribution is 0.398. The molecule has 2 heterocycles. The minimum atomic E-state index is 0.307. The fourth-order valence-electron chi connectivity index (χ4n) is 1.13. The van der Waals surface area contributed by atoms with Gasteiger partial charge in [0.2, 0.25) is 5.88 Å². The standard InChI is InChI=1S/C9H9BrN4O/c1-6-3-8(14(2)13-6)15-9-11-4-7(10)5-12-9/h3-5H,1-2H3. The predicted octanol–water partition coefficient (Wildman–Crippen LogP) is 2.07. The Morgan fingerprint density at radius 3 is 2.53 bits per heavy atom. The van der Waals surface area contributed by atoms with Gasteiger partial charge in [-0.2, -0.15) is 5.10 Å². The predicted molar refractivity (Wildman–Crippen MR) is 57.8 cm³/mol. The second-order valence-corrected chi connectivity index (χ2v) is 3.95. The van der Waals surface area contributed by atoms with Gasteiger partial charge in [0.25, 0.3) is 0 Å². The number of hydrogen-bond acceptors (Lipinski definition) is 4. The van der Waals surface area contributed by atoms with E-state index < -0.39 is 0 Å². The van der Waals surface area contributed by atoms with Gasteiger partial charge < -0.3 is 4.74 Å². The van der Waals surface area contributed by atoms with E-state index in [9.17, 15) is 0 Å². The van der Waals surface area contributed by atoms with Crippen LogP contribution in [0.1, 0.15) is 5.69 Å². The Kier molecular flexibility index (Phi) is 2.68. The Labute approximate surface area is 95.2 Å². The van der Waals surface area contributed by atoms with E-state index in [1.807, 2.05) is 13.0 Å². The molecular weight excluding hydrogens is 260 g/mol. The maximum Gasteiger partial charge on any atom is 0.323 e. The number of aromatic nitrogens is 4. The number of halogens is 1. The van der Waals surface area contributed by atoms with Gasteiger partial charge in [-0.1, -0.05) is 0 Å². The molecule has 5 nitrogen and oxygen atoms in total. The molecule has 78 valence electrons. The lowest BCUT2D eigenvalue weighted by Crippen LogP contribution is -1.97. The first-order chi connectivity index (χ1) is 7.15. The van der Waals surface area contributed by atoms with Crippen LogP contribution in [0.2, 0.25) is 0 Å². The highest BCUT2D eigenvalue weighted by atomic mass is 79.9. The highest BCUT2D eigenvalue weighted by molar-refractivity contribution is 9.10. The number of nitrogens with zero attached hydrogens (tertiary/aromatic N) is 4. The number of ether oxygens (including phenoxy) is 1. The van der Waals surface area contributed by atoms with Crippen molar-refractivity contribution in [3.05, 3.63) is 28.6 Å². The molecule has 0 aromatic carbocycles. The average molecular weight is 269 g/mol. The third-order valence-corrected chi connectivity index (χ3v) is 2.16. The molecule has 2 rings (SSSR count). The molecule has 0 amide bonds. The third kappa shape index (κ3) is 2.33. The van der Waals surface area contributed by atoms with Crippen LogP contribution in [0.5, 0.6) is 11.9 Å². The van der Waals surface area contributed by atoms with Crippen molar-refractivity contribution in [3.63, 3.8) is 0 Å². The van der Waals surface area contributed by atoms with Crippen LogP contribution in [0.3, 0.4) is 0 Å². The first-order valence-electron chi connectivity index (χ1n) is 4.31. The van der Waals surface area contributed by atoms with Crippen molar-refractivity contribution in [2.75, 3.05) is 0 Å². The van der Waals surface area contributed by atoms with Gasteiger partial charge in [-0.3, -0.25) is 0 Å². The van der Waals surface area contributed by atoms with E-state index in [0.717, 1.165) is 10.2 Å². The topological polar surface area (TPSA) is 52.8 Å². The fraction of sp³-hybridized carbons (Fsp3) is 0.222. The quantitative estimate of drug-likeness (QED) is 0.837. The highest BCUT2D eigenvalue weighted by Crippen LogP contribution is 2.18. The Balaban J connectivity index is 2.21. The van der Waals surface area contributed by atoms with Gasteiger partial charge in [0, 0.05) is 25.5 Å². The van der Waals surface area contributed by atoms with E-state index in [0.29, 0.717) is 11.9 Å². The van der Waals surface area contributed by atoms with Crippen molar-refractivity contribution >= 4 is 15.9 Å². The van der Waals surface area contributed by atoms with Gasteiger partial charge in [0.05, 0.1) is 10.2 Å². The summed E-state index contributed by atoms with van der Waals surface area (Å²) in [6.07, 6.45) is 3.26. The van der Waals surface area contributed by atoms with Crippen LogP contribution in [0.25, 0.3) is 0 Å². The summed E-state index contributed by atoms with van der Waals surface area (Å²) in [6, 6.07) is 2.13. The molecule has 15 heavy (non-hydrogen) atoms. The summed E-state index contributed by atoms with van der Waals surface area (Å²) in [5.41, 5.74) is 0.893. The zero-order valence-electron chi connectivity index (χ0n) is 8.31. The highest BCUT2D eigenvalue weighted by Gasteiger charge is 2.05. The zero-order valence-corrected chi connectivity index (χ0v) is 9.89. The summed E-state index contributed by atoms with van der Waals surface area (Å²) < 4.78 is 7.90. The molecule has 0 radical (unpaired) electrons. The maximum absolute atomic E-state index is 5.44. The van der Waals surface area contributed by atoms with Crippen molar-refractivity contribution in [3.8, 4) is 11.9 Å². The molecule has 0 spiro atoms. The molecule has 0 aliphatic heterocycles. The van der Waals surface area contributed by atoms with Crippen LogP contribution in [0.4, 0.5) is 0 Å². The first-order valence-corrected chi connectivity index (χ1v) is 5.10. The lowest BCUT2D eigenvalue weighted by atomic mass is 10.5. The van der Waals surface area contributed by atoms with Crippen LogP contribution in [-0.4, -0.2) is 19.7 Å². The van der Waals surface area contributed by atoms with Crippen molar-refractivity contribution in [2.45, 2.75) is 6.92 Å². The van der Waals surface area contributed by atoms with Crippen LogP contribution < -0.4 is 4.74 Å². The Hall–Kier alpha value is -1.43. The number of aryl methyl sites for hydroxylation is 2. The molecule has 0 bridgehead atoms. The summed E-state index contributed by atoms with van der Waals surface area (Å²) in [4.78, 5) is 8.01. The van der Waals surface area contributed by atoms with Crippen molar-refractivity contribution in [1.29, 1.82) is 0 Å². The Bertz CT molecular complexity index is 465. The maximum atomic E-state index is 5.44. The van der Waals surface area contributed by atoms with Gasteiger partial charge in [-0.25, -0.2) is 14.6 Å². The van der Waals surface area contributed by atoms with Crippen molar-refractivity contribution in [1.82, 2.24) is 19.7 Å². The Morgan fingerprint density at radius 2 is 2.00 bits per heavy atom. The molecule has 0 unspecified atom stereocenters. The largest absolute Gasteiger partial charge is 0.405 e. The van der Waals surface area contributed by atoms with Crippen molar-refractivity contribution in [2.24, 2.45) is 7.05 Å². The summed E-state index contributed by atoms with van der Waals surface area (Å²) in [6.45, 7) is 1.90.